The molecular formula is C10H19NO2. The third-order valence-electron chi connectivity index (χ3n) is 2.14. The van der Waals surface area contributed by atoms with Crippen LogP contribution in [-0.2, 0) is 9.53 Å². The normalized spacial score (nSPS) is 23.2. The summed E-state index contributed by atoms with van der Waals surface area (Å²) >= 11 is 0. The van der Waals surface area contributed by atoms with Gasteiger partial charge in [-0.3, -0.25) is 4.79 Å². The van der Waals surface area contributed by atoms with E-state index in [0.717, 1.165) is 19.4 Å². The Hall–Kier alpha value is -0.570. The maximum atomic E-state index is 11.3. The second kappa shape index (κ2) is 5.22. The quantitative estimate of drug-likeness (QED) is 0.723. The van der Waals surface area contributed by atoms with E-state index in [1.807, 2.05) is 13.8 Å². The first-order chi connectivity index (χ1) is 6.18. The topological polar surface area (TPSA) is 38.3 Å². The summed E-state index contributed by atoms with van der Waals surface area (Å²) in [6.07, 6.45) is 4.05. The molecule has 0 bridgehead atoms. The monoisotopic (exact) mass is 185 g/mol. The molecule has 1 fully saturated rings. The van der Waals surface area contributed by atoms with Gasteiger partial charge in [0.15, 0.2) is 0 Å². The van der Waals surface area contributed by atoms with Crippen LogP contribution in [0.25, 0.3) is 0 Å². The van der Waals surface area contributed by atoms with E-state index in [2.05, 4.69) is 5.32 Å². The van der Waals surface area contributed by atoms with Gasteiger partial charge in [0.2, 0.25) is 5.91 Å². The third-order valence-corrected chi connectivity index (χ3v) is 2.14. The lowest BCUT2D eigenvalue weighted by Crippen LogP contribution is -2.34. The summed E-state index contributed by atoms with van der Waals surface area (Å²) in [6, 6.07) is 0.232. The van der Waals surface area contributed by atoms with Crippen LogP contribution in [0.4, 0.5) is 0 Å². The minimum atomic E-state index is 0.113. The lowest BCUT2D eigenvalue weighted by Gasteiger charge is -2.22. The molecule has 1 saturated heterocycles. The van der Waals surface area contributed by atoms with Crippen LogP contribution in [0.3, 0.4) is 0 Å². The van der Waals surface area contributed by atoms with Crippen LogP contribution in [0.5, 0.6) is 0 Å². The Morgan fingerprint density at radius 1 is 1.54 bits per heavy atom. The predicted octanol–water partition coefficient (Wildman–Crippen LogP) is 1.47. The van der Waals surface area contributed by atoms with Gasteiger partial charge in [0.05, 0.1) is 12.5 Å². The van der Waals surface area contributed by atoms with Crippen LogP contribution >= 0.6 is 0 Å². The summed E-state index contributed by atoms with van der Waals surface area (Å²) in [5, 5.41) is 2.87. The molecule has 1 atom stereocenters. The third kappa shape index (κ3) is 4.27. The van der Waals surface area contributed by atoms with Crippen molar-refractivity contribution in [3.8, 4) is 0 Å². The molecule has 0 saturated carbocycles. The molecule has 1 heterocycles. The Labute approximate surface area is 79.8 Å². The van der Waals surface area contributed by atoms with Crippen LogP contribution in [-0.4, -0.2) is 24.7 Å². The number of rotatable bonds is 3. The van der Waals surface area contributed by atoms with E-state index in [1.54, 1.807) is 0 Å². The molecule has 0 aliphatic carbocycles. The highest BCUT2D eigenvalue weighted by atomic mass is 16.5. The minimum absolute atomic E-state index is 0.113. The van der Waals surface area contributed by atoms with Gasteiger partial charge in [-0.2, -0.15) is 0 Å². The maximum Gasteiger partial charge on any atom is 0.222 e. The van der Waals surface area contributed by atoms with Gasteiger partial charge in [-0.05, 0) is 33.1 Å². The highest BCUT2D eigenvalue weighted by Gasteiger charge is 2.17. The fourth-order valence-corrected chi connectivity index (χ4v) is 1.56. The molecule has 0 radical (unpaired) electrons. The lowest BCUT2D eigenvalue weighted by atomic mass is 10.1. The van der Waals surface area contributed by atoms with Gasteiger partial charge < -0.3 is 10.1 Å². The second-order valence-corrected chi connectivity index (χ2v) is 3.91. The molecule has 0 aromatic heterocycles. The largest absolute Gasteiger partial charge is 0.378 e. The fraction of sp³-hybridized carbons (Fsp3) is 0.900. The smallest absolute Gasteiger partial charge is 0.222 e. The molecule has 0 aromatic rings. The van der Waals surface area contributed by atoms with E-state index in [4.69, 9.17) is 4.74 Å². The highest BCUT2D eigenvalue weighted by Crippen LogP contribution is 2.15. The minimum Gasteiger partial charge on any atom is -0.378 e. The molecule has 3 nitrogen and oxygen atoms in total. The van der Waals surface area contributed by atoms with Gasteiger partial charge in [0, 0.05) is 12.6 Å². The number of nitrogens with one attached hydrogen (secondary N) is 1. The van der Waals surface area contributed by atoms with Crippen molar-refractivity contribution in [2.75, 3.05) is 6.61 Å². The van der Waals surface area contributed by atoms with Crippen LogP contribution in [0.15, 0.2) is 0 Å². The van der Waals surface area contributed by atoms with E-state index >= 15 is 0 Å². The second-order valence-electron chi connectivity index (χ2n) is 3.91. The zero-order chi connectivity index (χ0) is 9.68. The summed E-state index contributed by atoms with van der Waals surface area (Å²) in [5.41, 5.74) is 0. The van der Waals surface area contributed by atoms with Crippen molar-refractivity contribution in [2.24, 2.45) is 0 Å². The van der Waals surface area contributed by atoms with Gasteiger partial charge >= 0.3 is 0 Å². The number of ether oxygens (including phenoxy) is 1. The SMILES string of the molecule is CC(C)NC(=O)CC1CCCCO1. The van der Waals surface area contributed by atoms with Crippen LogP contribution in [0.1, 0.15) is 39.5 Å². The first kappa shape index (κ1) is 10.5. The van der Waals surface area contributed by atoms with Crippen LogP contribution < -0.4 is 5.32 Å². The predicted molar refractivity (Wildman–Crippen MR) is 51.5 cm³/mol. The Morgan fingerprint density at radius 2 is 2.31 bits per heavy atom. The first-order valence-electron chi connectivity index (χ1n) is 5.09. The van der Waals surface area contributed by atoms with Crippen molar-refractivity contribution in [3.05, 3.63) is 0 Å². The average molecular weight is 185 g/mol. The summed E-state index contributed by atoms with van der Waals surface area (Å²) in [4.78, 5) is 11.3. The molecular weight excluding hydrogens is 166 g/mol. The highest BCUT2D eigenvalue weighted by molar-refractivity contribution is 5.76. The molecule has 0 aromatic carbocycles. The van der Waals surface area contributed by atoms with Crippen molar-refractivity contribution >= 4 is 5.91 Å². The van der Waals surface area contributed by atoms with E-state index in [-0.39, 0.29) is 18.1 Å². The van der Waals surface area contributed by atoms with Gasteiger partial charge in [0.1, 0.15) is 0 Å². The van der Waals surface area contributed by atoms with Crippen molar-refractivity contribution in [2.45, 2.75) is 51.7 Å². The molecule has 1 aliphatic rings. The molecule has 1 amide bonds. The van der Waals surface area contributed by atoms with Crippen molar-refractivity contribution < 1.29 is 9.53 Å². The van der Waals surface area contributed by atoms with Crippen LogP contribution in [0.2, 0.25) is 0 Å². The fourth-order valence-electron chi connectivity index (χ4n) is 1.56. The number of carbonyl (C=O) groups is 1. The molecule has 0 spiro atoms. The van der Waals surface area contributed by atoms with Crippen molar-refractivity contribution in [1.29, 1.82) is 0 Å². The molecule has 1 unspecified atom stereocenters. The number of hydrogen-bond donors (Lipinski definition) is 1. The Morgan fingerprint density at radius 3 is 2.85 bits per heavy atom. The zero-order valence-electron chi connectivity index (χ0n) is 8.51. The van der Waals surface area contributed by atoms with Gasteiger partial charge in [-0.15, -0.1) is 0 Å². The Balaban J connectivity index is 2.18. The van der Waals surface area contributed by atoms with Gasteiger partial charge in [-0.1, -0.05) is 0 Å². The van der Waals surface area contributed by atoms with E-state index in [0.29, 0.717) is 6.42 Å². The lowest BCUT2D eigenvalue weighted by molar-refractivity contribution is -0.125. The number of carbonyl (C=O) groups excluding carboxylic acids is 1. The molecule has 76 valence electrons. The summed E-state index contributed by atoms with van der Waals surface area (Å²) in [6.45, 7) is 4.76. The molecule has 13 heavy (non-hydrogen) atoms. The van der Waals surface area contributed by atoms with Gasteiger partial charge in [0.25, 0.3) is 0 Å². The van der Waals surface area contributed by atoms with Gasteiger partial charge in [-0.25, -0.2) is 0 Å². The van der Waals surface area contributed by atoms with E-state index < -0.39 is 0 Å². The summed E-state index contributed by atoms with van der Waals surface area (Å²) in [7, 11) is 0. The van der Waals surface area contributed by atoms with E-state index in [9.17, 15) is 4.79 Å². The number of hydrogen-bond acceptors (Lipinski definition) is 2. The Kier molecular flexibility index (Phi) is 4.22. The summed E-state index contributed by atoms with van der Waals surface area (Å²) < 4.78 is 5.47. The first-order valence-corrected chi connectivity index (χ1v) is 5.09. The van der Waals surface area contributed by atoms with E-state index in [1.165, 1.54) is 6.42 Å². The summed E-state index contributed by atoms with van der Waals surface area (Å²) in [5.74, 6) is 0.113. The maximum absolute atomic E-state index is 11.3. The van der Waals surface area contributed by atoms with Crippen molar-refractivity contribution in [1.82, 2.24) is 5.32 Å². The molecule has 1 N–H and O–H groups in total. The van der Waals surface area contributed by atoms with Crippen LogP contribution in [0, 0.1) is 0 Å². The van der Waals surface area contributed by atoms with Crippen molar-refractivity contribution in [3.63, 3.8) is 0 Å². The number of amides is 1. The molecule has 1 rings (SSSR count). The Bertz CT molecular complexity index is 162. The molecule has 1 aliphatic heterocycles. The zero-order valence-corrected chi connectivity index (χ0v) is 8.51. The average Bonchev–Trinajstić information content (AvgIpc) is 2.04. The standard InChI is InChI=1S/C10H19NO2/c1-8(2)11-10(12)7-9-5-3-4-6-13-9/h8-9H,3-7H2,1-2H3,(H,11,12). The molecule has 3 heteroatoms.